The molecule has 0 amide bonds. The molecule has 0 bridgehead atoms. The number of hydrogen-bond donors (Lipinski definition) is 1. The number of ether oxygens (including phenoxy) is 1. The average molecular weight is 191 g/mol. The third-order valence-electron chi connectivity index (χ3n) is 2.79. The molecule has 2 rings (SSSR count). The molecule has 1 atom stereocenters. The lowest BCUT2D eigenvalue weighted by atomic mass is 9.93. The summed E-state index contributed by atoms with van der Waals surface area (Å²) in [6, 6.07) is 6.60. The number of hydrogen-bond acceptors (Lipinski definition) is 2. The molecule has 0 aromatic heterocycles. The van der Waals surface area contributed by atoms with E-state index in [1.54, 1.807) is 0 Å². The Hall–Kier alpha value is -0.860. The molecule has 1 heterocycles. The molecule has 0 saturated carbocycles. The van der Waals surface area contributed by atoms with E-state index in [1.807, 2.05) is 0 Å². The van der Waals surface area contributed by atoms with Gasteiger partial charge in [0.2, 0.25) is 0 Å². The molecule has 0 saturated heterocycles. The lowest BCUT2D eigenvalue weighted by molar-refractivity contribution is 0.0923. The van der Waals surface area contributed by atoms with E-state index >= 15 is 0 Å². The fourth-order valence-corrected chi connectivity index (χ4v) is 1.86. The van der Waals surface area contributed by atoms with Crippen LogP contribution in [0.2, 0.25) is 0 Å². The zero-order valence-electron chi connectivity index (χ0n) is 8.79. The maximum atomic E-state index is 5.95. The van der Waals surface area contributed by atoms with E-state index in [-0.39, 0.29) is 6.04 Å². The van der Waals surface area contributed by atoms with Gasteiger partial charge in [-0.15, -0.1) is 0 Å². The van der Waals surface area contributed by atoms with E-state index in [0.717, 1.165) is 0 Å². The Morgan fingerprint density at radius 1 is 1.43 bits per heavy atom. The highest BCUT2D eigenvalue weighted by molar-refractivity contribution is 5.36. The lowest BCUT2D eigenvalue weighted by Crippen LogP contribution is -2.23. The van der Waals surface area contributed by atoms with Gasteiger partial charge in [0.05, 0.1) is 19.3 Å². The summed E-state index contributed by atoms with van der Waals surface area (Å²) in [5.74, 6) is 0.568. The monoisotopic (exact) mass is 191 g/mol. The Labute approximate surface area is 85.1 Å². The van der Waals surface area contributed by atoms with Gasteiger partial charge in [-0.2, -0.15) is 0 Å². The molecular weight excluding hydrogens is 174 g/mol. The molecule has 0 fully saturated rings. The van der Waals surface area contributed by atoms with Crippen molar-refractivity contribution < 1.29 is 4.74 Å². The Balaban J connectivity index is 2.39. The third-order valence-corrected chi connectivity index (χ3v) is 2.79. The zero-order chi connectivity index (χ0) is 10.1. The van der Waals surface area contributed by atoms with Crippen LogP contribution in [0.5, 0.6) is 0 Å². The third kappa shape index (κ3) is 1.68. The van der Waals surface area contributed by atoms with Crippen LogP contribution < -0.4 is 5.73 Å². The van der Waals surface area contributed by atoms with Gasteiger partial charge >= 0.3 is 0 Å². The molecule has 2 heteroatoms. The van der Waals surface area contributed by atoms with Gasteiger partial charge in [0, 0.05) is 0 Å². The first kappa shape index (κ1) is 9.69. The summed E-state index contributed by atoms with van der Waals surface area (Å²) in [5.41, 5.74) is 9.82. The van der Waals surface area contributed by atoms with Crippen molar-refractivity contribution in [3.63, 3.8) is 0 Å². The van der Waals surface area contributed by atoms with Crippen LogP contribution in [0.3, 0.4) is 0 Å². The minimum absolute atomic E-state index is 0.0555. The van der Waals surface area contributed by atoms with Gasteiger partial charge in [-0.05, 0) is 22.6 Å². The highest BCUT2D eigenvalue weighted by Crippen LogP contribution is 2.26. The van der Waals surface area contributed by atoms with Gasteiger partial charge in [0.15, 0.2) is 0 Å². The summed E-state index contributed by atoms with van der Waals surface area (Å²) in [5, 5.41) is 0. The normalized spacial score (nSPS) is 21.0. The average Bonchev–Trinajstić information content (AvgIpc) is 2.17. The summed E-state index contributed by atoms with van der Waals surface area (Å²) in [4.78, 5) is 0. The van der Waals surface area contributed by atoms with Crippen LogP contribution in [0.25, 0.3) is 0 Å². The minimum atomic E-state index is 0.0555. The van der Waals surface area contributed by atoms with Crippen LogP contribution in [0.1, 0.15) is 42.5 Å². The van der Waals surface area contributed by atoms with E-state index in [4.69, 9.17) is 10.5 Å². The van der Waals surface area contributed by atoms with Crippen LogP contribution in [0, 0.1) is 0 Å². The second-order valence-electron chi connectivity index (χ2n) is 4.23. The van der Waals surface area contributed by atoms with E-state index in [2.05, 4.69) is 32.0 Å². The Kier molecular flexibility index (Phi) is 2.57. The zero-order valence-corrected chi connectivity index (χ0v) is 8.79. The topological polar surface area (TPSA) is 35.2 Å². The van der Waals surface area contributed by atoms with Gasteiger partial charge in [-0.1, -0.05) is 32.0 Å². The van der Waals surface area contributed by atoms with Gasteiger partial charge in [-0.3, -0.25) is 0 Å². The molecule has 76 valence electrons. The van der Waals surface area contributed by atoms with E-state index in [1.165, 1.54) is 16.7 Å². The largest absolute Gasteiger partial charge is 0.375 e. The molecule has 2 N–H and O–H groups in total. The van der Waals surface area contributed by atoms with Crippen molar-refractivity contribution in [3.05, 3.63) is 34.9 Å². The van der Waals surface area contributed by atoms with Crippen molar-refractivity contribution in [2.75, 3.05) is 6.61 Å². The molecular formula is C12H17NO. The van der Waals surface area contributed by atoms with Crippen LogP contribution in [0.4, 0.5) is 0 Å². The fourth-order valence-electron chi connectivity index (χ4n) is 1.86. The summed E-state index contributed by atoms with van der Waals surface area (Å²) in [6.07, 6.45) is 0. The fraction of sp³-hybridized carbons (Fsp3) is 0.500. The first-order valence-electron chi connectivity index (χ1n) is 5.14. The Morgan fingerprint density at radius 2 is 2.21 bits per heavy atom. The van der Waals surface area contributed by atoms with Crippen molar-refractivity contribution in [3.8, 4) is 0 Å². The maximum absolute atomic E-state index is 5.95. The molecule has 2 nitrogen and oxygen atoms in total. The first-order valence-corrected chi connectivity index (χ1v) is 5.14. The second kappa shape index (κ2) is 3.71. The number of benzene rings is 1. The quantitative estimate of drug-likeness (QED) is 0.739. The molecule has 1 aromatic carbocycles. The van der Waals surface area contributed by atoms with Crippen LogP contribution >= 0.6 is 0 Å². The molecule has 0 radical (unpaired) electrons. The molecule has 1 aromatic rings. The summed E-state index contributed by atoms with van der Waals surface area (Å²) in [6.45, 7) is 5.76. The highest BCUT2D eigenvalue weighted by Gasteiger charge is 2.17. The lowest BCUT2D eigenvalue weighted by Gasteiger charge is -2.23. The van der Waals surface area contributed by atoms with Gasteiger partial charge in [0.1, 0.15) is 0 Å². The van der Waals surface area contributed by atoms with E-state index in [0.29, 0.717) is 19.1 Å². The van der Waals surface area contributed by atoms with Crippen molar-refractivity contribution in [2.45, 2.75) is 32.4 Å². The molecule has 1 aliphatic heterocycles. The SMILES string of the molecule is CC(C)c1ccc2c(c1)COC[C@H]2N. The van der Waals surface area contributed by atoms with Crippen LogP contribution in [0.15, 0.2) is 18.2 Å². The number of nitrogens with two attached hydrogens (primary N) is 1. The predicted molar refractivity (Wildman–Crippen MR) is 57.1 cm³/mol. The van der Waals surface area contributed by atoms with Gasteiger partial charge in [0.25, 0.3) is 0 Å². The van der Waals surface area contributed by atoms with Crippen LogP contribution in [-0.4, -0.2) is 6.61 Å². The predicted octanol–water partition coefficient (Wildman–Crippen LogP) is 2.34. The first-order chi connectivity index (χ1) is 6.68. The van der Waals surface area contributed by atoms with Crippen molar-refractivity contribution >= 4 is 0 Å². The molecule has 1 aliphatic rings. The summed E-state index contributed by atoms with van der Waals surface area (Å²) in [7, 11) is 0. The minimum Gasteiger partial charge on any atom is -0.375 e. The maximum Gasteiger partial charge on any atom is 0.0721 e. The molecule has 0 aliphatic carbocycles. The summed E-state index contributed by atoms with van der Waals surface area (Å²) >= 11 is 0. The van der Waals surface area contributed by atoms with Crippen LogP contribution in [-0.2, 0) is 11.3 Å². The highest BCUT2D eigenvalue weighted by atomic mass is 16.5. The smallest absolute Gasteiger partial charge is 0.0721 e. The van der Waals surface area contributed by atoms with Gasteiger partial charge < -0.3 is 10.5 Å². The van der Waals surface area contributed by atoms with E-state index < -0.39 is 0 Å². The number of rotatable bonds is 1. The Morgan fingerprint density at radius 3 is 2.93 bits per heavy atom. The summed E-state index contributed by atoms with van der Waals surface area (Å²) < 4.78 is 5.42. The van der Waals surface area contributed by atoms with E-state index in [9.17, 15) is 0 Å². The molecule has 0 unspecified atom stereocenters. The van der Waals surface area contributed by atoms with Crippen molar-refractivity contribution in [1.82, 2.24) is 0 Å². The van der Waals surface area contributed by atoms with Crippen molar-refractivity contribution in [1.29, 1.82) is 0 Å². The number of fused-ring (bicyclic) bond motifs is 1. The van der Waals surface area contributed by atoms with Gasteiger partial charge in [-0.25, -0.2) is 0 Å². The van der Waals surface area contributed by atoms with Crippen molar-refractivity contribution in [2.24, 2.45) is 5.73 Å². The molecule has 14 heavy (non-hydrogen) atoms. The molecule has 0 spiro atoms. The second-order valence-corrected chi connectivity index (χ2v) is 4.23. The Bertz CT molecular complexity index is 333. The standard InChI is InChI=1S/C12H17NO/c1-8(2)9-3-4-11-10(5-9)6-14-7-12(11)13/h3-5,8,12H,6-7,13H2,1-2H3/t12-/m1/s1.